The van der Waals surface area contributed by atoms with Gasteiger partial charge in [-0.1, -0.05) is 19.1 Å². The summed E-state index contributed by atoms with van der Waals surface area (Å²) in [4.78, 5) is 26.4. The van der Waals surface area contributed by atoms with Gasteiger partial charge in [-0.25, -0.2) is 4.39 Å². The summed E-state index contributed by atoms with van der Waals surface area (Å²) in [7, 11) is 1.50. The molecular formula is C24H33FN4O2. The zero-order valence-corrected chi connectivity index (χ0v) is 18.4. The van der Waals surface area contributed by atoms with E-state index >= 15 is 0 Å². The third-order valence-corrected chi connectivity index (χ3v) is 7.09. The number of carbonyl (C=O) groups excluding carboxylic acids is 2. The molecule has 0 aliphatic carbocycles. The average Bonchev–Trinajstić information content (AvgIpc) is 2.78. The maximum atomic E-state index is 14.3. The van der Waals surface area contributed by atoms with Gasteiger partial charge >= 0.3 is 0 Å². The molecule has 6 nitrogen and oxygen atoms in total. The summed E-state index contributed by atoms with van der Waals surface area (Å²) in [6, 6.07) is 5.50. The zero-order valence-electron chi connectivity index (χ0n) is 18.4. The minimum atomic E-state index is -0.483. The van der Waals surface area contributed by atoms with E-state index < -0.39 is 11.7 Å². The Morgan fingerprint density at radius 1 is 1.29 bits per heavy atom. The summed E-state index contributed by atoms with van der Waals surface area (Å²) in [5.74, 6) is -0.0185. The molecule has 0 saturated carbocycles. The highest BCUT2D eigenvalue weighted by molar-refractivity contribution is 5.94. The second-order valence-electron chi connectivity index (χ2n) is 9.09. The molecule has 4 rings (SSSR count). The van der Waals surface area contributed by atoms with E-state index in [1.807, 2.05) is 6.07 Å². The first-order chi connectivity index (χ1) is 15.0. The Kier molecular flexibility index (Phi) is 6.72. The van der Waals surface area contributed by atoms with E-state index in [0.29, 0.717) is 12.0 Å². The molecule has 2 amide bonds. The van der Waals surface area contributed by atoms with Gasteiger partial charge in [0.05, 0.1) is 5.56 Å². The highest BCUT2D eigenvalue weighted by Crippen LogP contribution is 2.28. The highest BCUT2D eigenvalue weighted by Gasteiger charge is 2.38. The normalized spacial score (nSPS) is 29.0. The molecule has 4 atom stereocenters. The van der Waals surface area contributed by atoms with Crippen LogP contribution in [0.1, 0.15) is 48.5 Å². The number of carbonyl (C=O) groups is 2. The van der Waals surface area contributed by atoms with Crippen LogP contribution in [0, 0.1) is 17.7 Å². The molecule has 0 aromatic heterocycles. The Labute approximate surface area is 183 Å². The molecule has 2 saturated heterocycles. The van der Waals surface area contributed by atoms with Crippen LogP contribution in [0.15, 0.2) is 24.3 Å². The lowest BCUT2D eigenvalue weighted by Crippen LogP contribution is -2.62. The number of hydrogen-bond donors (Lipinski definition) is 3. The highest BCUT2D eigenvalue weighted by atomic mass is 19.1. The van der Waals surface area contributed by atoms with Crippen LogP contribution in [0.3, 0.4) is 0 Å². The summed E-state index contributed by atoms with van der Waals surface area (Å²) in [5, 5.41) is 9.38. The van der Waals surface area contributed by atoms with Crippen molar-refractivity contribution in [3.63, 3.8) is 0 Å². The molecule has 7 heteroatoms. The van der Waals surface area contributed by atoms with Gasteiger partial charge in [0.2, 0.25) is 5.91 Å². The summed E-state index contributed by atoms with van der Waals surface area (Å²) >= 11 is 0. The number of halogens is 1. The lowest BCUT2D eigenvalue weighted by atomic mass is 9.80. The van der Waals surface area contributed by atoms with Gasteiger partial charge in [-0.15, -0.1) is 0 Å². The third-order valence-electron chi connectivity index (χ3n) is 7.09. The molecule has 3 heterocycles. The Bertz CT molecular complexity index is 871. The lowest BCUT2D eigenvalue weighted by Gasteiger charge is -2.44. The number of hydrogen-bond acceptors (Lipinski definition) is 4. The predicted molar refractivity (Wildman–Crippen MR) is 119 cm³/mol. The van der Waals surface area contributed by atoms with Crippen molar-refractivity contribution >= 4 is 17.4 Å². The van der Waals surface area contributed by atoms with E-state index in [2.05, 4.69) is 33.9 Å². The largest absolute Gasteiger partial charge is 0.355 e. The quantitative estimate of drug-likeness (QED) is 0.672. The molecule has 4 unspecified atom stereocenters. The molecule has 168 valence electrons. The fourth-order valence-corrected chi connectivity index (χ4v) is 5.22. The topological polar surface area (TPSA) is 73.5 Å². The summed E-state index contributed by atoms with van der Waals surface area (Å²) in [5.41, 5.74) is 2.06. The summed E-state index contributed by atoms with van der Waals surface area (Å²) in [6.45, 7) is 5.84. The van der Waals surface area contributed by atoms with Gasteiger partial charge in [-0.3, -0.25) is 14.5 Å². The first-order valence-corrected chi connectivity index (χ1v) is 11.5. The third kappa shape index (κ3) is 4.83. The van der Waals surface area contributed by atoms with Crippen LogP contribution in [-0.2, 0) is 4.79 Å². The molecule has 0 bridgehead atoms. The standard InChI is InChI=1S/C24H33FN4O2/c1-3-16-12-21-22(28-23(16)30)10-15(13-27-21)14-29-8-6-17(7-9-29)18-4-5-19(20(25)11-18)24(31)26-2/h4-6,11,15-16,21-22,27H,3,7-10,12-14H2,1-2H3,(H,26,31)(H,28,30). The van der Waals surface area contributed by atoms with Crippen LogP contribution < -0.4 is 16.0 Å². The van der Waals surface area contributed by atoms with Gasteiger partial charge < -0.3 is 16.0 Å². The van der Waals surface area contributed by atoms with Gasteiger partial charge in [0.25, 0.3) is 5.91 Å². The monoisotopic (exact) mass is 428 g/mol. The Balaban J connectivity index is 1.32. The molecule has 1 aromatic carbocycles. The van der Waals surface area contributed by atoms with Crippen molar-refractivity contribution < 1.29 is 14.0 Å². The van der Waals surface area contributed by atoms with E-state index in [1.165, 1.54) is 13.1 Å². The fraction of sp³-hybridized carbons (Fsp3) is 0.583. The van der Waals surface area contributed by atoms with E-state index in [0.717, 1.165) is 63.0 Å². The Hall–Kier alpha value is -2.25. The van der Waals surface area contributed by atoms with Crippen LogP contribution in [0.5, 0.6) is 0 Å². The van der Waals surface area contributed by atoms with Crippen molar-refractivity contribution in [3.8, 4) is 0 Å². The van der Waals surface area contributed by atoms with Crippen molar-refractivity contribution in [1.82, 2.24) is 20.9 Å². The number of fused-ring (bicyclic) bond motifs is 1. The number of amides is 2. The molecule has 3 N–H and O–H groups in total. The van der Waals surface area contributed by atoms with Crippen molar-refractivity contribution in [1.29, 1.82) is 0 Å². The minimum Gasteiger partial charge on any atom is -0.355 e. The Morgan fingerprint density at radius 3 is 2.81 bits per heavy atom. The first kappa shape index (κ1) is 22.0. The van der Waals surface area contributed by atoms with Crippen molar-refractivity contribution in [2.45, 2.75) is 44.7 Å². The van der Waals surface area contributed by atoms with E-state index in [1.54, 1.807) is 6.07 Å². The number of benzene rings is 1. The van der Waals surface area contributed by atoms with E-state index in [4.69, 9.17) is 0 Å². The molecule has 2 fully saturated rings. The first-order valence-electron chi connectivity index (χ1n) is 11.5. The number of rotatable bonds is 5. The molecule has 0 radical (unpaired) electrons. The second kappa shape index (κ2) is 9.49. The number of nitrogens with one attached hydrogen (secondary N) is 3. The van der Waals surface area contributed by atoms with E-state index in [9.17, 15) is 14.0 Å². The average molecular weight is 429 g/mol. The smallest absolute Gasteiger partial charge is 0.253 e. The summed E-state index contributed by atoms with van der Waals surface area (Å²) in [6.07, 6.45) is 5.91. The van der Waals surface area contributed by atoms with E-state index in [-0.39, 0.29) is 23.4 Å². The fourth-order valence-electron chi connectivity index (χ4n) is 5.22. The summed E-state index contributed by atoms with van der Waals surface area (Å²) < 4.78 is 14.3. The lowest BCUT2D eigenvalue weighted by molar-refractivity contribution is -0.129. The van der Waals surface area contributed by atoms with Crippen molar-refractivity contribution in [3.05, 3.63) is 41.2 Å². The molecule has 31 heavy (non-hydrogen) atoms. The maximum Gasteiger partial charge on any atom is 0.253 e. The maximum absolute atomic E-state index is 14.3. The van der Waals surface area contributed by atoms with Gasteiger partial charge in [-0.05, 0) is 61.4 Å². The minimum absolute atomic E-state index is 0.0763. The number of nitrogens with zero attached hydrogens (tertiary/aromatic N) is 1. The van der Waals surface area contributed by atoms with Crippen LogP contribution >= 0.6 is 0 Å². The molecule has 1 aromatic rings. The van der Waals surface area contributed by atoms with Gasteiger partial charge in [0.1, 0.15) is 5.82 Å². The second-order valence-corrected chi connectivity index (χ2v) is 9.09. The van der Waals surface area contributed by atoms with Crippen molar-refractivity contribution in [2.75, 3.05) is 33.2 Å². The van der Waals surface area contributed by atoms with Gasteiger partial charge in [0.15, 0.2) is 0 Å². The van der Waals surface area contributed by atoms with Crippen LogP contribution in [0.2, 0.25) is 0 Å². The molecule has 3 aliphatic heterocycles. The van der Waals surface area contributed by atoms with Crippen molar-refractivity contribution in [2.24, 2.45) is 11.8 Å². The zero-order chi connectivity index (χ0) is 22.0. The van der Waals surface area contributed by atoms with Crippen LogP contribution in [-0.4, -0.2) is 62.0 Å². The predicted octanol–water partition coefficient (Wildman–Crippen LogP) is 2.17. The SMILES string of the molecule is CCC1CC2NCC(CN3CC=C(c4ccc(C(=O)NC)c(F)c4)CC3)CC2NC1=O. The molecule has 3 aliphatic rings. The van der Waals surface area contributed by atoms with Crippen LogP contribution in [0.25, 0.3) is 5.57 Å². The Morgan fingerprint density at radius 2 is 2.13 bits per heavy atom. The molecule has 0 spiro atoms. The molecular weight excluding hydrogens is 395 g/mol. The van der Waals surface area contributed by atoms with Gasteiger partial charge in [-0.2, -0.15) is 0 Å². The van der Waals surface area contributed by atoms with Gasteiger partial charge in [0, 0.05) is 44.7 Å². The van der Waals surface area contributed by atoms with Crippen LogP contribution in [0.4, 0.5) is 4.39 Å². The number of piperidine rings is 2.